The van der Waals surface area contributed by atoms with Crippen molar-refractivity contribution in [1.82, 2.24) is 20.4 Å². The first-order valence-electron chi connectivity index (χ1n) is 11.6. The van der Waals surface area contributed by atoms with E-state index >= 15 is 0 Å². The quantitative estimate of drug-likeness (QED) is 0.313. The number of amides is 1. The number of methoxy groups -OCH3 is 1. The maximum absolute atomic E-state index is 14.3. The molecule has 1 aliphatic carbocycles. The Morgan fingerprint density at radius 1 is 1.10 bits per heavy atom. The Kier molecular flexibility index (Phi) is 8.54. The zero-order valence-electron chi connectivity index (χ0n) is 20.2. The third-order valence-electron chi connectivity index (χ3n) is 6.01. The van der Waals surface area contributed by atoms with Gasteiger partial charge in [0.1, 0.15) is 11.6 Å². The van der Waals surface area contributed by atoms with Crippen molar-refractivity contribution < 1.29 is 41.7 Å². The van der Waals surface area contributed by atoms with Gasteiger partial charge in [-0.25, -0.2) is 9.18 Å². The maximum Gasteiger partial charge on any atom is 0.573 e. The van der Waals surface area contributed by atoms with Crippen molar-refractivity contribution in [2.24, 2.45) is 0 Å². The minimum atomic E-state index is -4.99. The van der Waals surface area contributed by atoms with Gasteiger partial charge in [-0.1, -0.05) is 11.3 Å². The predicted octanol–water partition coefficient (Wildman–Crippen LogP) is 4.53. The second kappa shape index (κ2) is 11.9. The van der Waals surface area contributed by atoms with Crippen molar-refractivity contribution in [2.75, 3.05) is 17.7 Å². The first kappa shape index (κ1) is 28.1. The molecule has 16 heteroatoms. The van der Waals surface area contributed by atoms with Gasteiger partial charge in [-0.15, -0.1) is 23.4 Å². The number of nitrogens with zero attached hydrogens (tertiary/aromatic N) is 4. The van der Waals surface area contributed by atoms with Crippen molar-refractivity contribution >= 4 is 33.5 Å². The lowest BCUT2D eigenvalue weighted by atomic mass is 9.84. The minimum absolute atomic E-state index is 0.0468. The highest BCUT2D eigenvalue weighted by atomic mass is 32.1. The molecule has 1 atom stereocenters. The molecule has 0 bridgehead atoms. The number of carboxylic acid groups (broad SMARTS) is 1. The molecule has 0 unspecified atom stereocenters. The number of hydrogen-bond donors (Lipinski definition) is 3. The molecule has 3 aromatic rings. The number of aromatic nitrogens is 4. The van der Waals surface area contributed by atoms with Gasteiger partial charge >= 0.3 is 12.3 Å². The summed E-state index contributed by atoms with van der Waals surface area (Å²) in [6.45, 7) is 0. The first-order valence-corrected chi connectivity index (χ1v) is 12.4. The van der Waals surface area contributed by atoms with Crippen LogP contribution in [0.2, 0.25) is 0 Å². The lowest BCUT2D eigenvalue weighted by Crippen LogP contribution is -2.25. The van der Waals surface area contributed by atoms with E-state index in [0.717, 1.165) is 62.3 Å². The van der Waals surface area contributed by atoms with Crippen molar-refractivity contribution in [3.63, 3.8) is 0 Å². The van der Waals surface area contributed by atoms with Gasteiger partial charge in [-0.2, -0.15) is 10.2 Å². The smallest absolute Gasteiger partial charge is 0.478 e. The molecule has 11 nitrogen and oxygen atoms in total. The third-order valence-corrected chi connectivity index (χ3v) is 6.78. The summed E-state index contributed by atoms with van der Waals surface area (Å²) in [5.41, 5.74) is 0.272. The van der Waals surface area contributed by atoms with Gasteiger partial charge in [0.25, 0.3) is 5.91 Å². The average Bonchev–Trinajstić information content (AvgIpc) is 3.32. The minimum Gasteiger partial charge on any atom is -0.478 e. The molecule has 4 rings (SSSR count). The summed E-state index contributed by atoms with van der Waals surface area (Å²) in [6.07, 6.45) is -2.39. The van der Waals surface area contributed by atoms with Gasteiger partial charge < -0.3 is 19.9 Å². The summed E-state index contributed by atoms with van der Waals surface area (Å²) >= 11 is 1.02. The van der Waals surface area contributed by atoms with Crippen LogP contribution in [-0.4, -0.2) is 56.9 Å². The molecule has 2 aromatic heterocycles. The summed E-state index contributed by atoms with van der Waals surface area (Å²) in [5, 5.41) is 31.0. The van der Waals surface area contributed by atoms with Gasteiger partial charge in [0.15, 0.2) is 6.10 Å². The molecule has 1 amide bonds. The summed E-state index contributed by atoms with van der Waals surface area (Å²) in [4.78, 5) is 23.9. The van der Waals surface area contributed by atoms with Crippen molar-refractivity contribution in [1.29, 1.82) is 0 Å². The van der Waals surface area contributed by atoms with Crippen molar-refractivity contribution in [3.8, 4) is 5.75 Å². The van der Waals surface area contributed by atoms with Crippen LogP contribution in [0.25, 0.3) is 0 Å². The maximum atomic E-state index is 14.3. The van der Waals surface area contributed by atoms with E-state index < -0.39 is 41.5 Å². The predicted molar refractivity (Wildman–Crippen MR) is 129 cm³/mol. The molecular formula is C23H22F4N6O5S. The third kappa shape index (κ3) is 7.35. The number of carboxylic acids is 1. The Hall–Kier alpha value is -3.92. The van der Waals surface area contributed by atoms with Crippen LogP contribution in [0, 0.1) is 5.82 Å². The van der Waals surface area contributed by atoms with Gasteiger partial charge in [-0.05, 0) is 49.9 Å². The SMILES string of the molecule is CO[C@@H](C(=O)Nc1nnc(N[C@H]2CC[C@@H](c3cc(C(=O)O)cnn3)CC2)s1)c1cc(OC(F)(F)F)ccc1F. The summed E-state index contributed by atoms with van der Waals surface area (Å²) in [6, 6.07) is 3.85. The standard InChI is InChI=1S/C23H22F4N6O5S/c1-37-18(15-9-14(6-7-16(15)24)38-23(25,26)27)19(34)30-22-33-32-21(39-22)29-13-4-2-11(3-5-13)17-8-12(20(35)36)10-28-31-17/h6-11,13,18H,2-5H2,1H3,(H,29,32)(H,35,36)(H,30,33,34)/t11-,13+,18-/m1/s1. The van der Waals surface area contributed by atoms with E-state index in [1.807, 2.05) is 0 Å². The largest absolute Gasteiger partial charge is 0.573 e. The number of carbonyl (C=O) groups excluding carboxylic acids is 1. The number of carbonyl (C=O) groups is 2. The number of benzene rings is 1. The van der Waals surface area contributed by atoms with Gasteiger partial charge in [-0.3, -0.25) is 10.1 Å². The number of anilines is 2. The van der Waals surface area contributed by atoms with Gasteiger partial charge in [0.05, 0.1) is 17.5 Å². The fraction of sp³-hybridized carbons (Fsp3) is 0.391. The highest BCUT2D eigenvalue weighted by molar-refractivity contribution is 7.19. The van der Waals surface area contributed by atoms with E-state index in [1.165, 1.54) is 12.3 Å². The monoisotopic (exact) mass is 570 g/mol. The Morgan fingerprint density at radius 3 is 2.49 bits per heavy atom. The number of hydrogen-bond acceptors (Lipinski definition) is 10. The lowest BCUT2D eigenvalue weighted by molar-refractivity contribution is -0.274. The van der Waals surface area contributed by atoms with E-state index in [1.54, 1.807) is 0 Å². The number of alkyl halides is 3. The molecule has 1 fully saturated rings. The van der Waals surface area contributed by atoms with Crippen LogP contribution < -0.4 is 15.4 Å². The van der Waals surface area contributed by atoms with Crippen LogP contribution in [0.4, 0.5) is 27.8 Å². The Bertz CT molecular complexity index is 1330. The van der Waals surface area contributed by atoms with E-state index in [-0.39, 0.29) is 22.7 Å². The lowest BCUT2D eigenvalue weighted by Gasteiger charge is -2.28. The molecule has 1 aliphatic rings. The number of nitrogens with one attached hydrogen (secondary N) is 2. The Morgan fingerprint density at radius 2 is 1.82 bits per heavy atom. The van der Waals surface area contributed by atoms with E-state index in [2.05, 4.69) is 35.8 Å². The molecular weight excluding hydrogens is 548 g/mol. The van der Waals surface area contributed by atoms with Crippen LogP contribution in [0.15, 0.2) is 30.5 Å². The number of ether oxygens (including phenoxy) is 2. The van der Waals surface area contributed by atoms with E-state index in [0.29, 0.717) is 10.8 Å². The van der Waals surface area contributed by atoms with Gasteiger partial charge in [0.2, 0.25) is 10.3 Å². The molecule has 0 aliphatic heterocycles. The molecule has 0 spiro atoms. The second-order valence-electron chi connectivity index (χ2n) is 8.62. The van der Waals surface area contributed by atoms with Crippen molar-refractivity contribution in [2.45, 2.75) is 50.1 Å². The summed E-state index contributed by atoms with van der Waals surface area (Å²) < 4.78 is 60.8. The summed E-state index contributed by atoms with van der Waals surface area (Å²) in [5.74, 6) is -3.51. The molecule has 39 heavy (non-hydrogen) atoms. The zero-order valence-corrected chi connectivity index (χ0v) is 21.1. The Labute approximate surface area is 222 Å². The molecule has 1 aromatic carbocycles. The highest BCUT2D eigenvalue weighted by Gasteiger charge is 2.33. The first-order chi connectivity index (χ1) is 18.5. The number of halogens is 4. The average molecular weight is 571 g/mol. The normalized spacial score (nSPS) is 18.3. The highest BCUT2D eigenvalue weighted by Crippen LogP contribution is 2.34. The number of rotatable bonds is 9. The fourth-order valence-corrected chi connectivity index (χ4v) is 4.93. The summed E-state index contributed by atoms with van der Waals surface area (Å²) in [7, 11) is 1.11. The van der Waals surface area contributed by atoms with Crippen LogP contribution in [-0.2, 0) is 9.53 Å². The number of aromatic carboxylic acids is 1. The fourth-order valence-electron chi connectivity index (χ4n) is 4.21. The van der Waals surface area contributed by atoms with Crippen LogP contribution in [0.3, 0.4) is 0 Å². The molecule has 2 heterocycles. The molecule has 208 valence electrons. The van der Waals surface area contributed by atoms with E-state index in [9.17, 15) is 27.2 Å². The molecule has 0 saturated heterocycles. The van der Waals surface area contributed by atoms with Crippen LogP contribution in [0.1, 0.15) is 59.3 Å². The van der Waals surface area contributed by atoms with Crippen LogP contribution in [0.5, 0.6) is 5.75 Å². The van der Waals surface area contributed by atoms with Crippen LogP contribution >= 0.6 is 11.3 Å². The second-order valence-corrected chi connectivity index (χ2v) is 9.59. The molecule has 1 saturated carbocycles. The molecule has 3 N–H and O–H groups in total. The van der Waals surface area contributed by atoms with E-state index in [4.69, 9.17) is 9.84 Å². The van der Waals surface area contributed by atoms with Gasteiger partial charge in [0, 0.05) is 24.6 Å². The zero-order chi connectivity index (χ0) is 28.2. The Balaban J connectivity index is 1.34. The topological polar surface area (TPSA) is 148 Å². The molecule has 0 radical (unpaired) electrons. The van der Waals surface area contributed by atoms with Crippen molar-refractivity contribution in [3.05, 3.63) is 53.1 Å².